The molecular formula is C12H23N3O5. The Hall–Kier alpha value is -1.83. The number of aliphatic carboxylic acids is 1. The van der Waals surface area contributed by atoms with Crippen molar-refractivity contribution in [3.63, 3.8) is 0 Å². The lowest BCUT2D eigenvalue weighted by Gasteiger charge is -2.23. The van der Waals surface area contributed by atoms with E-state index in [1.165, 1.54) is 7.11 Å². The van der Waals surface area contributed by atoms with Crippen LogP contribution in [0.1, 0.15) is 20.8 Å². The number of carbonyl (C=O) groups is 3. The van der Waals surface area contributed by atoms with Gasteiger partial charge in [0, 0.05) is 19.2 Å². The van der Waals surface area contributed by atoms with Gasteiger partial charge in [-0.25, -0.2) is 4.79 Å². The van der Waals surface area contributed by atoms with Gasteiger partial charge in [-0.1, -0.05) is 0 Å². The summed E-state index contributed by atoms with van der Waals surface area (Å²) in [5, 5.41) is 13.8. The Bertz CT molecular complexity index is 351. The summed E-state index contributed by atoms with van der Waals surface area (Å²) in [4.78, 5) is 35.0. The Morgan fingerprint density at radius 2 is 1.85 bits per heavy atom. The lowest BCUT2D eigenvalue weighted by molar-refractivity contribution is -0.137. The summed E-state index contributed by atoms with van der Waals surface area (Å²) >= 11 is 0. The van der Waals surface area contributed by atoms with Crippen molar-refractivity contribution >= 4 is 17.9 Å². The number of urea groups is 1. The van der Waals surface area contributed by atoms with E-state index in [0.717, 1.165) is 4.90 Å². The van der Waals surface area contributed by atoms with Gasteiger partial charge in [-0.3, -0.25) is 9.59 Å². The molecule has 0 rings (SSSR count). The summed E-state index contributed by atoms with van der Waals surface area (Å²) in [5.74, 6) is -1.47. The second kappa shape index (κ2) is 8.36. The highest BCUT2D eigenvalue weighted by Crippen LogP contribution is 1.97. The molecule has 3 amide bonds. The second-order valence-electron chi connectivity index (χ2n) is 5.26. The molecular weight excluding hydrogens is 266 g/mol. The molecule has 0 aromatic carbocycles. The highest BCUT2D eigenvalue weighted by atomic mass is 16.5. The van der Waals surface area contributed by atoms with E-state index in [-0.39, 0.29) is 25.6 Å². The zero-order valence-corrected chi connectivity index (χ0v) is 12.4. The van der Waals surface area contributed by atoms with Crippen molar-refractivity contribution in [2.24, 2.45) is 0 Å². The van der Waals surface area contributed by atoms with E-state index >= 15 is 0 Å². The minimum Gasteiger partial charge on any atom is -0.480 e. The number of methoxy groups -OCH3 is 1. The molecule has 8 nitrogen and oxygen atoms in total. The average molecular weight is 289 g/mol. The number of hydrogen-bond donors (Lipinski definition) is 3. The zero-order valence-electron chi connectivity index (χ0n) is 12.4. The molecule has 0 aliphatic rings. The van der Waals surface area contributed by atoms with Crippen LogP contribution in [0.4, 0.5) is 4.79 Å². The number of nitrogens with zero attached hydrogens (tertiary/aromatic N) is 1. The molecule has 0 atom stereocenters. The van der Waals surface area contributed by atoms with Gasteiger partial charge >= 0.3 is 12.0 Å². The van der Waals surface area contributed by atoms with Crippen molar-refractivity contribution in [2.45, 2.75) is 26.3 Å². The number of nitrogens with one attached hydrogen (secondary N) is 2. The van der Waals surface area contributed by atoms with Gasteiger partial charge in [0.2, 0.25) is 5.91 Å². The predicted octanol–water partition coefficient (Wildman–Crippen LogP) is -0.356. The first kappa shape index (κ1) is 18.2. The topological polar surface area (TPSA) is 108 Å². The van der Waals surface area contributed by atoms with Gasteiger partial charge in [0.15, 0.2) is 0 Å². The van der Waals surface area contributed by atoms with E-state index in [1.807, 2.05) is 20.8 Å². The molecule has 0 aromatic heterocycles. The van der Waals surface area contributed by atoms with Crippen molar-refractivity contribution in [1.82, 2.24) is 15.5 Å². The largest absolute Gasteiger partial charge is 0.480 e. The molecule has 0 heterocycles. The smallest absolute Gasteiger partial charge is 0.323 e. The van der Waals surface area contributed by atoms with Crippen LogP contribution in [0.25, 0.3) is 0 Å². The Kier molecular flexibility index (Phi) is 7.60. The Morgan fingerprint density at radius 1 is 1.25 bits per heavy atom. The first-order valence-corrected chi connectivity index (χ1v) is 6.20. The van der Waals surface area contributed by atoms with Gasteiger partial charge in [-0.2, -0.15) is 0 Å². The van der Waals surface area contributed by atoms with Crippen LogP contribution in [0, 0.1) is 0 Å². The second-order valence-corrected chi connectivity index (χ2v) is 5.26. The molecule has 0 aromatic rings. The number of hydrogen-bond acceptors (Lipinski definition) is 4. The number of ether oxygens (including phenoxy) is 1. The molecule has 3 N–H and O–H groups in total. The molecule has 0 saturated carbocycles. The van der Waals surface area contributed by atoms with Crippen molar-refractivity contribution in [3.05, 3.63) is 0 Å². The Labute approximate surface area is 118 Å². The van der Waals surface area contributed by atoms with Crippen molar-refractivity contribution in [3.8, 4) is 0 Å². The summed E-state index contributed by atoms with van der Waals surface area (Å²) in [6, 6.07) is -0.617. The summed E-state index contributed by atoms with van der Waals surface area (Å²) < 4.78 is 4.80. The number of rotatable bonds is 7. The molecule has 0 spiro atoms. The van der Waals surface area contributed by atoms with E-state index in [0.29, 0.717) is 0 Å². The molecule has 0 bridgehead atoms. The highest BCUT2D eigenvalue weighted by Gasteiger charge is 2.18. The molecule has 0 aliphatic heterocycles. The first-order valence-electron chi connectivity index (χ1n) is 6.20. The SMILES string of the molecule is COCCN(CC(=O)O)C(=O)NCC(=O)NC(C)(C)C. The monoisotopic (exact) mass is 289 g/mol. The molecule has 0 radical (unpaired) electrons. The lowest BCUT2D eigenvalue weighted by Crippen LogP contribution is -2.50. The third-order valence-corrected chi connectivity index (χ3v) is 2.09. The third kappa shape index (κ3) is 9.15. The van der Waals surface area contributed by atoms with Crippen LogP contribution in [0.2, 0.25) is 0 Å². The van der Waals surface area contributed by atoms with Crippen LogP contribution < -0.4 is 10.6 Å². The quantitative estimate of drug-likeness (QED) is 0.593. The Balaban J connectivity index is 4.31. The fourth-order valence-corrected chi connectivity index (χ4v) is 1.35. The lowest BCUT2D eigenvalue weighted by atomic mass is 10.1. The van der Waals surface area contributed by atoms with Gasteiger partial charge in [0.05, 0.1) is 13.2 Å². The molecule has 20 heavy (non-hydrogen) atoms. The summed E-state index contributed by atoms with van der Waals surface area (Å²) in [6.07, 6.45) is 0. The van der Waals surface area contributed by atoms with Crippen LogP contribution in [0.15, 0.2) is 0 Å². The molecule has 0 unspecified atom stereocenters. The number of carboxylic acids is 1. The third-order valence-electron chi connectivity index (χ3n) is 2.09. The number of amides is 3. The fourth-order valence-electron chi connectivity index (χ4n) is 1.35. The van der Waals surface area contributed by atoms with Crippen LogP contribution in [-0.2, 0) is 14.3 Å². The van der Waals surface area contributed by atoms with Crippen LogP contribution >= 0.6 is 0 Å². The number of carbonyl (C=O) groups excluding carboxylic acids is 2. The maximum absolute atomic E-state index is 11.8. The van der Waals surface area contributed by atoms with E-state index in [1.54, 1.807) is 0 Å². The van der Waals surface area contributed by atoms with E-state index in [9.17, 15) is 14.4 Å². The molecule has 116 valence electrons. The highest BCUT2D eigenvalue weighted by molar-refractivity contribution is 5.85. The van der Waals surface area contributed by atoms with Gasteiger partial charge in [0.25, 0.3) is 0 Å². The van der Waals surface area contributed by atoms with Crippen molar-refractivity contribution in [1.29, 1.82) is 0 Å². The zero-order chi connectivity index (χ0) is 15.8. The normalized spacial score (nSPS) is 10.8. The maximum atomic E-state index is 11.8. The van der Waals surface area contributed by atoms with Gasteiger partial charge in [0.1, 0.15) is 6.54 Å². The predicted molar refractivity (Wildman–Crippen MR) is 72.4 cm³/mol. The van der Waals surface area contributed by atoms with Crippen molar-refractivity contribution < 1.29 is 24.2 Å². The van der Waals surface area contributed by atoms with Crippen LogP contribution in [0.3, 0.4) is 0 Å². The minimum absolute atomic E-state index is 0.134. The van der Waals surface area contributed by atoms with E-state index < -0.39 is 24.1 Å². The van der Waals surface area contributed by atoms with Crippen LogP contribution in [-0.4, -0.2) is 66.8 Å². The molecule has 0 aliphatic carbocycles. The first-order chi connectivity index (χ1) is 9.15. The summed E-state index contributed by atoms with van der Waals surface area (Å²) in [7, 11) is 1.45. The Morgan fingerprint density at radius 3 is 2.30 bits per heavy atom. The summed E-state index contributed by atoms with van der Waals surface area (Å²) in [6.45, 7) is 5.16. The van der Waals surface area contributed by atoms with E-state index in [4.69, 9.17) is 9.84 Å². The van der Waals surface area contributed by atoms with Gasteiger partial charge in [-0.15, -0.1) is 0 Å². The van der Waals surface area contributed by atoms with Crippen molar-refractivity contribution in [2.75, 3.05) is 33.4 Å². The van der Waals surface area contributed by atoms with Gasteiger partial charge < -0.3 is 25.4 Å². The molecule has 8 heteroatoms. The maximum Gasteiger partial charge on any atom is 0.323 e. The standard InChI is InChI=1S/C12H23N3O5/c1-12(2,3)14-9(16)7-13-11(19)15(5-6-20-4)8-10(17)18/h5-8H2,1-4H3,(H,13,19)(H,14,16)(H,17,18). The molecule has 0 saturated heterocycles. The number of carboxylic acid groups (broad SMARTS) is 1. The fraction of sp³-hybridized carbons (Fsp3) is 0.750. The summed E-state index contributed by atoms with van der Waals surface area (Å²) in [5.41, 5.74) is -0.390. The van der Waals surface area contributed by atoms with Crippen LogP contribution in [0.5, 0.6) is 0 Å². The minimum atomic E-state index is -1.13. The van der Waals surface area contributed by atoms with Gasteiger partial charge in [-0.05, 0) is 20.8 Å². The molecule has 0 fully saturated rings. The van der Waals surface area contributed by atoms with E-state index in [2.05, 4.69) is 10.6 Å². The average Bonchev–Trinajstić information content (AvgIpc) is 2.28.